The van der Waals surface area contributed by atoms with Crippen LogP contribution in [-0.2, 0) is 22.8 Å². The third-order valence-corrected chi connectivity index (χ3v) is 6.11. The number of esters is 1. The molecule has 1 saturated heterocycles. The number of rotatable bonds is 4. The van der Waals surface area contributed by atoms with E-state index in [2.05, 4.69) is 21.2 Å². The van der Waals surface area contributed by atoms with Crippen molar-refractivity contribution in [3.63, 3.8) is 0 Å². The first-order valence-corrected chi connectivity index (χ1v) is 11.3. The lowest BCUT2D eigenvalue weighted by molar-refractivity contribution is -0.149. The molecule has 9 nitrogen and oxygen atoms in total. The zero-order chi connectivity index (χ0) is 26.1. The van der Waals surface area contributed by atoms with Crippen LogP contribution in [0.5, 0.6) is 0 Å². The highest BCUT2D eigenvalue weighted by Crippen LogP contribution is 2.30. The molecule has 2 amide bonds. The second-order valence-electron chi connectivity index (χ2n) is 7.79. The monoisotopic (exact) mass is 564 g/mol. The molecule has 14 heteroatoms. The van der Waals surface area contributed by atoms with E-state index in [1.807, 2.05) is 0 Å². The highest BCUT2D eigenvalue weighted by atomic mass is 79.9. The van der Waals surface area contributed by atoms with Crippen molar-refractivity contribution in [1.82, 2.24) is 14.0 Å². The first-order valence-electron chi connectivity index (χ1n) is 10.5. The lowest BCUT2D eigenvalue weighted by Gasteiger charge is -2.31. The quantitative estimate of drug-likeness (QED) is 0.453. The van der Waals surface area contributed by atoms with Crippen LogP contribution in [0.4, 0.5) is 28.0 Å². The standard InChI is InChI=1S/C21H21BrF4N4O5/c1-3-35-18(32)11-5-4-6-29(10-11)19(33)27-14-8-15(13(23)7-12(14)22)30-17(31)9-16(21(24,25)26)28(2)20(30)34/h7-9,11H,3-6,10H2,1-2H3,(H,27,33). The van der Waals surface area contributed by atoms with E-state index in [4.69, 9.17) is 4.74 Å². The van der Waals surface area contributed by atoms with Crippen molar-refractivity contribution < 1.29 is 31.9 Å². The Hall–Kier alpha value is -3.16. The van der Waals surface area contributed by atoms with Crippen LogP contribution in [0.1, 0.15) is 25.5 Å². The summed E-state index contributed by atoms with van der Waals surface area (Å²) in [5, 5.41) is 2.52. The summed E-state index contributed by atoms with van der Waals surface area (Å²) in [4.78, 5) is 51.1. The van der Waals surface area contributed by atoms with Gasteiger partial charge in [-0.05, 0) is 47.8 Å². The Morgan fingerprint density at radius 3 is 2.54 bits per heavy atom. The Morgan fingerprint density at radius 2 is 1.91 bits per heavy atom. The van der Waals surface area contributed by atoms with Gasteiger partial charge in [0.05, 0.1) is 23.9 Å². The number of carbonyl (C=O) groups is 2. The van der Waals surface area contributed by atoms with Gasteiger partial charge in [-0.3, -0.25) is 14.2 Å². The molecule has 1 aromatic heterocycles. The van der Waals surface area contributed by atoms with Gasteiger partial charge in [0.2, 0.25) is 0 Å². The van der Waals surface area contributed by atoms with Gasteiger partial charge in [0, 0.05) is 30.7 Å². The van der Waals surface area contributed by atoms with Gasteiger partial charge < -0.3 is 15.0 Å². The number of ether oxygens (including phenoxy) is 1. The number of amides is 2. The molecule has 1 aliphatic rings. The van der Waals surface area contributed by atoms with Gasteiger partial charge in [0.1, 0.15) is 11.5 Å². The number of halogens is 5. The molecular weight excluding hydrogens is 544 g/mol. The number of nitrogens with one attached hydrogen (secondary N) is 1. The highest BCUT2D eigenvalue weighted by Gasteiger charge is 2.35. The van der Waals surface area contributed by atoms with E-state index >= 15 is 0 Å². The lowest BCUT2D eigenvalue weighted by atomic mass is 9.98. The molecule has 1 aromatic carbocycles. The molecule has 0 bridgehead atoms. The lowest BCUT2D eigenvalue weighted by Crippen LogP contribution is -2.44. The summed E-state index contributed by atoms with van der Waals surface area (Å²) in [6.45, 7) is 2.31. The topological polar surface area (TPSA) is 103 Å². The number of carbonyl (C=O) groups excluding carboxylic acids is 2. The van der Waals surface area contributed by atoms with Crippen LogP contribution >= 0.6 is 15.9 Å². The fourth-order valence-corrected chi connectivity index (χ4v) is 4.15. The van der Waals surface area contributed by atoms with E-state index in [9.17, 15) is 36.7 Å². The second-order valence-corrected chi connectivity index (χ2v) is 8.65. The van der Waals surface area contributed by atoms with E-state index < -0.39 is 52.5 Å². The predicted molar refractivity (Wildman–Crippen MR) is 120 cm³/mol. The molecule has 1 N–H and O–H groups in total. The summed E-state index contributed by atoms with van der Waals surface area (Å²) < 4.78 is 59.5. The predicted octanol–water partition coefficient (Wildman–Crippen LogP) is 3.26. The van der Waals surface area contributed by atoms with Crippen LogP contribution in [-0.4, -0.2) is 45.7 Å². The number of urea groups is 1. The minimum Gasteiger partial charge on any atom is -0.466 e. The number of piperidine rings is 1. The summed E-state index contributed by atoms with van der Waals surface area (Å²) in [5.74, 6) is -2.02. The second kappa shape index (κ2) is 10.2. The maximum atomic E-state index is 14.7. The third-order valence-electron chi connectivity index (χ3n) is 5.46. The number of benzene rings is 1. The molecule has 0 spiro atoms. The molecule has 1 unspecified atom stereocenters. The number of anilines is 1. The molecule has 0 radical (unpaired) electrons. The molecule has 0 aliphatic carbocycles. The van der Waals surface area contributed by atoms with Crippen LogP contribution in [0.15, 0.2) is 32.3 Å². The zero-order valence-corrected chi connectivity index (χ0v) is 20.2. The van der Waals surface area contributed by atoms with Crippen molar-refractivity contribution in [3.05, 3.63) is 55.0 Å². The third kappa shape index (κ3) is 5.57. The molecule has 0 saturated carbocycles. The molecule has 2 aromatic rings. The molecule has 35 heavy (non-hydrogen) atoms. The summed E-state index contributed by atoms with van der Waals surface area (Å²) in [5.41, 5.74) is -5.00. The first kappa shape index (κ1) is 26.4. The number of hydrogen-bond donors (Lipinski definition) is 1. The zero-order valence-electron chi connectivity index (χ0n) is 18.6. The minimum atomic E-state index is -4.97. The maximum Gasteiger partial charge on any atom is 0.431 e. The first-order chi connectivity index (χ1) is 16.3. The summed E-state index contributed by atoms with van der Waals surface area (Å²) in [7, 11) is 0.802. The van der Waals surface area contributed by atoms with E-state index in [1.165, 1.54) is 4.90 Å². The van der Waals surface area contributed by atoms with Crippen LogP contribution in [0, 0.1) is 11.7 Å². The van der Waals surface area contributed by atoms with Crippen molar-refractivity contribution in [1.29, 1.82) is 0 Å². The fourth-order valence-electron chi connectivity index (χ4n) is 3.73. The van der Waals surface area contributed by atoms with E-state index in [0.29, 0.717) is 19.4 Å². The van der Waals surface area contributed by atoms with Crippen molar-refractivity contribution in [2.24, 2.45) is 13.0 Å². The Bertz CT molecular complexity index is 1270. The van der Waals surface area contributed by atoms with Gasteiger partial charge in [0.25, 0.3) is 5.56 Å². The Balaban J connectivity index is 1.94. The maximum absolute atomic E-state index is 14.7. The van der Waals surface area contributed by atoms with Crippen LogP contribution in [0.25, 0.3) is 5.69 Å². The summed E-state index contributed by atoms with van der Waals surface area (Å²) in [6, 6.07) is 1.38. The van der Waals surface area contributed by atoms with Gasteiger partial charge in [0.15, 0.2) is 0 Å². The number of likely N-dealkylation sites (tertiary alicyclic amines) is 1. The van der Waals surface area contributed by atoms with Crippen LogP contribution in [0.3, 0.4) is 0 Å². The SMILES string of the molecule is CCOC(=O)C1CCCN(C(=O)Nc2cc(-n3c(=O)cc(C(F)(F)F)n(C)c3=O)c(F)cc2Br)C1. The van der Waals surface area contributed by atoms with Gasteiger partial charge in [-0.25, -0.2) is 18.5 Å². The molecule has 1 fully saturated rings. The minimum absolute atomic E-state index is 0.0430. The fraction of sp³-hybridized carbons (Fsp3) is 0.429. The smallest absolute Gasteiger partial charge is 0.431 e. The van der Waals surface area contributed by atoms with E-state index in [-0.39, 0.29) is 38.5 Å². The average Bonchev–Trinajstić information content (AvgIpc) is 2.78. The van der Waals surface area contributed by atoms with E-state index in [0.717, 1.165) is 19.2 Å². The number of alkyl halides is 3. The van der Waals surface area contributed by atoms with Gasteiger partial charge in [-0.15, -0.1) is 0 Å². The summed E-state index contributed by atoms with van der Waals surface area (Å²) >= 11 is 3.08. The van der Waals surface area contributed by atoms with Crippen molar-refractivity contribution in [2.45, 2.75) is 25.9 Å². The molecule has 2 heterocycles. The van der Waals surface area contributed by atoms with Crippen LogP contribution in [0.2, 0.25) is 0 Å². The number of nitrogens with zero attached hydrogens (tertiary/aromatic N) is 3. The normalized spacial score (nSPS) is 16.2. The number of aromatic nitrogens is 2. The highest BCUT2D eigenvalue weighted by molar-refractivity contribution is 9.10. The molecule has 190 valence electrons. The Morgan fingerprint density at radius 1 is 1.23 bits per heavy atom. The Labute approximate surface area is 204 Å². The molecular formula is C21H21BrF4N4O5. The van der Waals surface area contributed by atoms with Crippen LogP contribution < -0.4 is 16.6 Å². The number of hydrogen-bond acceptors (Lipinski definition) is 5. The van der Waals surface area contributed by atoms with Gasteiger partial charge in [-0.2, -0.15) is 13.2 Å². The summed E-state index contributed by atoms with van der Waals surface area (Å²) in [6.07, 6.45) is -3.88. The largest absolute Gasteiger partial charge is 0.466 e. The Kier molecular flexibility index (Phi) is 7.72. The van der Waals surface area contributed by atoms with Gasteiger partial charge in [-0.1, -0.05) is 0 Å². The molecule has 1 aliphatic heterocycles. The molecule has 3 rings (SSSR count). The van der Waals surface area contributed by atoms with E-state index in [1.54, 1.807) is 6.92 Å². The van der Waals surface area contributed by atoms with Crippen molar-refractivity contribution in [2.75, 3.05) is 25.0 Å². The van der Waals surface area contributed by atoms with Crippen molar-refractivity contribution in [3.8, 4) is 5.69 Å². The average molecular weight is 565 g/mol. The van der Waals surface area contributed by atoms with Gasteiger partial charge >= 0.3 is 23.9 Å². The molecule has 1 atom stereocenters. The van der Waals surface area contributed by atoms with Crippen molar-refractivity contribution >= 4 is 33.6 Å².